The van der Waals surface area contributed by atoms with Crippen LogP contribution in [0.5, 0.6) is 0 Å². The Morgan fingerprint density at radius 2 is 2.19 bits per heavy atom. The zero-order chi connectivity index (χ0) is 15.4. The van der Waals surface area contributed by atoms with Gasteiger partial charge in [-0.1, -0.05) is 24.6 Å². The van der Waals surface area contributed by atoms with Crippen molar-refractivity contribution in [3.63, 3.8) is 0 Å². The van der Waals surface area contributed by atoms with E-state index in [2.05, 4.69) is 29.9 Å². The zero-order valence-electron chi connectivity index (χ0n) is 12.9. The van der Waals surface area contributed by atoms with Crippen LogP contribution in [0, 0.1) is 0 Å². The zero-order valence-corrected chi connectivity index (χ0v) is 13.6. The Morgan fingerprint density at radius 1 is 1.43 bits per heavy atom. The van der Waals surface area contributed by atoms with Gasteiger partial charge in [0.2, 0.25) is 0 Å². The largest absolute Gasteiger partial charge is 0.367 e. The summed E-state index contributed by atoms with van der Waals surface area (Å²) in [5.74, 6) is 1.02. The molecule has 0 spiro atoms. The van der Waals surface area contributed by atoms with E-state index in [4.69, 9.17) is 17.3 Å². The van der Waals surface area contributed by atoms with E-state index in [1.807, 2.05) is 36.1 Å². The van der Waals surface area contributed by atoms with E-state index in [0.29, 0.717) is 0 Å². The van der Waals surface area contributed by atoms with Crippen molar-refractivity contribution < 1.29 is 0 Å². The van der Waals surface area contributed by atoms with E-state index in [9.17, 15) is 0 Å². The van der Waals surface area contributed by atoms with Crippen molar-refractivity contribution in [2.24, 2.45) is 12.8 Å². The predicted octanol–water partition coefficient (Wildman–Crippen LogP) is 2.99. The van der Waals surface area contributed by atoms with Crippen molar-refractivity contribution >= 4 is 17.3 Å². The number of aryl methyl sites for hydroxylation is 1. The third kappa shape index (κ3) is 3.99. The van der Waals surface area contributed by atoms with Crippen molar-refractivity contribution in [1.82, 2.24) is 9.55 Å². The number of anilines is 1. The molecule has 1 aromatic heterocycles. The summed E-state index contributed by atoms with van der Waals surface area (Å²) in [6.07, 6.45) is 5.59. The molecule has 1 unspecified atom stereocenters. The second-order valence-corrected chi connectivity index (χ2v) is 5.89. The Balaban J connectivity index is 2.24. The second kappa shape index (κ2) is 6.96. The van der Waals surface area contributed by atoms with Crippen molar-refractivity contribution in [2.75, 3.05) is 11.9 Å². The molecule has 4 nitrogen and oxygen atoms in total. The van der Waals surface area contributed by atoms with Crippen LogP contribution in [0.2, 0.25) is 5.02 Å². The molecule has 0 aliphatic heterocycles. The second-order valence-electron chi connectivity index (χ2n) is 5.46. The number of hydrogen-bond acceptors (Lipinski definition) is 3. The van der Waals surface area contributed by atoms with Crippen LogP contribution >= 0.6 is 11.6 Å². The minimum Gasteiger partial charge on any atom is -0.367 e. The van der Waals surface area contributed by atoms with Gasteiger partial charge in [0.05, 0.1) is 6.54 Å². The molecule has 1 atom stereocenters. The highest BCUT2D eigenvalue weighted by molar-refractivity contribution is 6.30. The van der Waals surface area contributed by atoms with Crippen molar-refractivity contribution in [3.05, 3.63) is 47.0 Å². The van der Waals surface area contributed by atoms with Crippen LogP contribution in [0.25, 0.3) is 0 Å². The summed E-state index contributed by atoms with van der Waals surface area (Å²) in [4.78, 5) is 6.55. The van der Waals surface area contributed by atoms with Crippen molar-refractivity contribution in [1.29, 1.82) is 0 Å². The Morgan fingerprint density at radius 3 is 2.81 bits per heavy atom. The topological polar surface area (TPSA) is 47.1 Å². The SMILES string of the molecule is CCC(N)Cc1ccc(Cl)cc1N(C)Cc1nccn1C. The first-order valence-corrected chi connectivity index (χ1v) is 7.60. The fraction of sp³-hybridized carbons (Fsp3) is 0.438. The van der Waals surface area contributed by atoms with E-state index < -0.39 is 0 Å². The summed E-state index contributed by atoms with van der Waals surface area (Å²) in [6.45, 7) is 2.84. The molecule has 0 saturated heterocycles. The van der Waals surface area contributed by atoms with Gasteiger partial charge in [0.15, 0.2) is 0 Å². The maximum absolute atomic E-state index is 6.17. The molecule has 0 radical (unpaired) electrons. The average molecular weight is 307 g/mol. The first-order valence-electron chi connectivity index (χ1n) is 7.22. The lowest BCUT2D eigenvalue weighted by Crippen LogP contribution is -2.25. The normalized spacial score (nSPS) is 12.4. The molecule has 1 aromatic carbocycles. The van der Waals surface area contributed by atoms with Gasteiger partial charge in [-0.05, 0) is 30.5 Å². The standard InChI is InChI=1S/C16H23ClN4/c1-4-14(18)9-12-5-6-13(17)10-15(12)21(3)11-16-19-7-8-20(16)2/h5-8,10,14H,4,9,11,18H2,1-3H3. The van der Waals surface area contributed by atoms with Crippen LogP contribution in [0.1, 0.15) is 24.7 Å². The molecular weight excluding hydrogens is 284 g/mol. The molecule has 5 heteroatoms. The molecule has 0 aliphatic carbocycles. The van der Waals surface area contributed by atoms with Crippen LogP contribution in [-0.2, 0) is 20.0 Å². The van der Waals surface area contributed by atoms with Gasteiger partial charge in [0.1, 0.15) is 5.82 Å². The molecule has 0 aliphatic rings. The molecule has 114 valence electrons. The first-order chi connectivity index (χ1) is 10.0. The van der Waals surface area contributed by atoms with E-state index in [-0.39, 0.29) is 6.04 Å². The molecule has 2 aromatic rings. The smallest absolute Gasteiger partial charge is 0.127 e. The van der Waals surface area contributed by atoms with Crippen LogP contribution in [0.15, 0.2) is 30.6 Å². The number of halogens is 1. The minimum atomic E-state index is 0.173. The number of nitrogens with two attached hydrogens (primary N) is 1. The lowest BCUT2D eigenvalue weighted by Gasteiger charge is -2.23. The highest BCUT2D eigenvalue weighted by Gasteiger charge is 2.13. The summed E-state index contributed by atoms with van der Waals surface area (Å²) >= 11 is 6.17. The van der Waals surface area contributed by atoms with Crippen LogP contribution in [0.3, 0.4) is 0 Å². The van der Waals surface area contributed by atoms with E-state index in [1.165, 1.54) is 5.56 Å². The third-order valence-electron chi connectivity index (χ3n) is 3.76. The van der Waals surface area contributed by atoms with Crippen molar-refractivity contribution in [2.45, 2.75) is 32.4 Å². The van der Waals surface area contributed by atoms with Gasteiger partial charge in [0, 0.05) is 43.2 Å². The van der Waals surface area contributed by atoms with Crippen molar-refractivity contribution in [3.8, 4) is 0 Å². The molecule has 2 N–H and O–H groups in total. The number of nitrogens with zero attached hydrogens (tertiary/aromatic N) is 3. The number of imidazole rings is 1. The quantitative estimate of drug-likeness (QED) is 0.892. The summed E-state index contributed by atoms with van der Waals surface area (Å²) in [6, 6.07) is 6.17. The van der Waals surface area contributed by atoms with Gasteiger partial charge in [-0.15, -0.1) is 0 Å². The van der Waals surface area contributed by atoms with Crippen LogP contribution in [0.4, 0.5) is 5.69 Å². The molecule has 0 amide bonds. The lowest BCUT2D eigenvalue weighted by molar-refractivity contribution is 0.644. The number of aromatic nitrogens is 2. The molecule has 1 heterocycles. The number of hydrogen-bond donors (Lipinski definition) is 1. The van der Waals surface area contributed by atoms with Crippen LogP contribution in [-0.4, -0.2) is 22.6 Å². The lowest BCUT2D eigenvalue weighted by atomic mass is 10.0. The highest BCUT2D eigenvalue weighted by atomic mass is 35.5. The molecule has 2 rings (SSSR count). The summed E-state index contributed by atoms with van der Waals surface area (Å²) in [7, 11) is 4.06. The van der Waals surface area contributed by atoms with Gasteiger partial charge in [0.25, 0.3) is 0 Å². The Bertz CT molecular complexity index is 594. The third-order valence-corrected chi connectivity index (χ3v) is 4.00. The van der Waals surface area contributed by atoms with Gasteiger partial charge in [-0.25, -0.2) is 4.98 Å². The Labute approximate surface area is 131 Å². The molecule has 0 saturated carbocycles. The Hall–Kier alpha value is -1.52. The summed E-state index contributed by atoms with van der Waals surface area (Å²) < 4.78 is 2.03. The highest BCUT2D eigenvalue weighted by Crippen LogP contribution is 2.26. The molecule has 0 fully saturated rings. The molecular formula is C16H23ClN4. The van der Waals surface area contributed by atoms with Gasteiger partial charge < -0.3 is 15.2 Å². The predicted molar refractivity (Wildman–Crippen MR) is 88.7 cm³/mol. The Kier molecular flexibility index (Phi) is 5.26. The van der Waals surface area contributed by atoms with E-state index in [0.717, 1.165) is 35.9 Å². The van der Waals surface area contributed by atoms with E-state index >= 15 is 0 Å². The maximum Gasteiger partial charge on any atom is 0.127 e. The fourth-order valence-corrected chi connectivity index (χ4v) is 2.50. The minimum absolute atomic E-state index is 0.173. The van der Waals surface area contributed by atoms with Gasteiger partial charge >= 0.3 is 0 Å². The molecule has 21 heavy (non-hydrogen) atoms. The number of benzene rings is 1. The van der Waals surface area contributed by atoms with E-state index in [1.54, 1.807) is 0 Å². The van der Waals surface area contributed by atoms with Gasteiger partial charge in [-0.2, -0.15) is 0 Å². The maximum atomic E-state index is 6.17. The fourth-order valence-electron chi connectivity index (χ4n) is 2.34. The van der Waals surface area contributed by atoms with Crippen LogP contribution < -0.4 is 10.6 Å². The molecule has 0 bridgehead atoms. The number of rotatable bonds is 6. The summed E-state index contributed by atoms with van der Waals surface area (Å²) in [5, 5.41) is 0.741. The first kappa shape index (κ1) is 15.9. The van der Waals surface area contributed by atoms with Gasteiger partial charge in [-0.3, -0.25) is 0 Å². The monoisotopic (exact) mass is 306 g/mol. The summed E-state index contributed by atoms with van der Waals surface area (Å²) in [5.41, 5.74) is 8.45. The average Bonchev–Trinajstić information content (AvgIpc) is 2.86.